The maximum absolute atomic E-state index is 14.4. The van der Waals surface area contributed by atoms with Crippen LogP contribution in [0.1, 0.15) is 92.2 Å². The molecule has 3 aliphatic carbocycles. The molecule has 0 spiro atoms. The summed E-state index contributed by atoms with van der Waals surface area (Å²) < 4.78 is 11.1. The number of likely N-dealkylation sites (tertiary alicyclic amines) is 1. The second-order valence-corrected chi connectivity index (χ2v) is 15.0. The zero-order valence-corrected chi connectivity index (χ0v) is 28.2. The summed E-state index contributed by atoms with van der Waals surface area (Å²) in [5, 5.41) is 20.3. The lowest BCUT2D eigenvalue weighted by molar-refractivity contribution is -0.124. The Morgan fingerprint density at radius 3 is 2.44 bits per heavy atom. The number of thiazole rings is 1. The number of aliphatic hydroxyl groups excluding tert-OH is 1. The van der Waals surface area contributed by atoms with Crippen molar-refractivity contribution in [1.82, 2.24) is 14.9 Å². The third kappa shape index (κ3) is 7.20. The molecule has 10 nitrogen and oxygen atoms in total. The summed E-state index contributed by atoms with van der Waals surface area (Å²) in [6.07, 6.45) is 11.7. The molecule has 0 atom stereocenters. The number of hydrogen-bond acceptors (Lipinski definition) is 9. The van der Waals surface area contributed by atoms with Gasteiger partial charge in [-0.1, -0.05) is 6.07 Å². The lowest BCUT2D eigenvalue weighted by Gasteiger charge is -2.38. The Morgan fingerprint density at radius 2 is 1.75 bits per heavy atom. The number of pyridine rings is 1. The number of hydrogen-bond donors (Lipinski definition) is 1. The van der Waals surface area contributed by atoms with Crippen LogP contribution in [-0.4, -0.2) is 70.9 Å². The van der Waals surface area contributed by atoms with Crippen molar-refractivity contribution in [3.63, 3.8) is 0 Å². The molecule has 0 bridgehead atoms. The first-order valence-electron chi connectivity index (χ1n) is 17.3. The first kappa shape index (κ1) is 32.5. The van der Waals surface area contributed by atoms with E-state index in [9.17, 15) is 20.0 Å². The summed E-state index contributed by atoms with van der Waals surface area (Å²) in [4.78, 5) is 40.7. The summed E-state index contributed by atoms with van der Waals surface area (Å²) in [5.74, 6) is 2.50. The number of ether oxygens (including phenoxy) is 2. The molecule has 48 heavy (non-hydrogen) atoms. The van der Waals surface area contributed by atoms with Crippen LogP contribution in [0.4, 0.5) is 10.6 Å². The van der Waals surface area contributed by atoms with Gasteiger partial charge >= 0.3 is 6.09 Å². The lowest BCUT2D eigenvalue weighted by atomic mass is 9.78. The average Bonchev–Trinajstić information content (AvgIpc) is 3.84. The normalized spacial score (nSPS) is 24.3. The van der Waals surface area contributed by atoms with Crippen molar-refractivity contribution in [2.75, 3.05) is 31.6 Å². The predicted molar refractivity (Wildman–Crippen MR) is 182 cm³/mol. The van der Waals surface area contributed by atoms with Crippen LogP contribution in [0.25, 0.3) is 10.4 Å². The highest BCUT2D eigenvalue weighted by atomic mass is 32.1. The van der Waals surface area contributed by atoms with E-state index >= 15 is 0 Å². The van der Waals surface area contributed by atoms with E-state index in [1.807, 2.05) is 35.4 Å². The van der Waals surface area contributed by atoms with Gasteiger partial charge in [0.15, 0.2) is 0 Å². The number of aromatic nitrogens is 2. The molecule has 0 unspecified atom stereocenters. The first-order chi connectivity index (χ1) is 23.4. The number of anilines is 1. The van der Waals surface area contributed by atoms with Gasteiger partial charge in [0.25, 0.3) is 0 Å². The average molecular weight is 670 g/mol. The van der Waals surface area contributed by atoms with Gasteiger partial charge in [-0.15, -0.1) is 11.3 Å². The predicted octanol–water partition coefficient (Wildman–Crippen LogP) is 6.64. The maximum Gasteiger partial charge on any atom is 0.410 e. The van der Waals surface area contributed by atoms with Crippen LogP contribution in [0.15, 0.2) is 42.7 Å². The molecular weight excluding hydrogens is 627 g/mol. The molecule has 1 saturated heterocycles. The summed E-state index contributed by atoms with van der Waals surface area (Å²) >= 11 is 1.74. The van der Waals surface area contributed by atoms with E-state index in [2.05, 4.69) is 17.1 Å². The molecule has 1 N–H and O–H groups in total. The number of aliphatic hydroxyl groups is 1. The van der Waals surface area contributed by atoms with Gasteiger partial charge in [0.1, 0.15) is 23.7 Å². The maximum atomic E-state index is 14.4. The van der Waals surface area contributed by atoms with E-state index in [0.717, 1.165) is 36.1 Å². The van der Waals surface area contributed by atoms with Crippen LogP contribution in [0.3, 0.4) is 0 Å². The van der Waals surface area contributed by atoms with Crippen LogP contribution in [-0.2, 0) is 9.53 Å². The van der Waals surface area contributed by atoms with E-state index in [1.54, 1.807) is 24.6 Å². The second-order valence-electron chi connectivity index (χ2n) is 13.9. The number of carbonyl (C=O) groups is 2. The second kappa shape index (κ2) is 14.2. The number of nitrogens with zero attached hydrogens (tertiary/aromatic N) is 5. The van der Waals surface area contributed by atoms with Crippen molar-refractivity contribution in [2.24, 2.45) is 11.8 Å². The van der Waals surface area contributed by atoms with Crippen molar-refractivity contribution in [2.45, 2.75) is 88.3 Å². The molecule has 4 aliphatic rings. The molecule has 3 saturated carbocycles. The SMILES string of the molecule is COc1ccc([C@H]2CC[C@H](CN(c3cc(-c4cnc(C5CC5)s4)ccn3)C(=O)[C@H]3CC[C@H](OC(=O)N4CC(O)C4)CC3)CC2)cc1C#N. The molecule has 3 heterocycles. The van der Waals surface area contributed by atoms with Crippen LogP contribution < -0.4 is 9.64 Å². The Labute approximate surface area is 285 Å². The highest BCUT2D eigenvalue weighted by Crippen LogP contribution is 2.44. The van der Waals surface area contributed by atoms with Gasteiger partial charge in [-0.05, 0) is 111 Å². The molecule has 1 aromatic carbocycles. The van der Waals surface area contributed by atoms with Crippen LogP contribution in [0.2, 0.25) is 0 Å². The molecule has 1 aliphatic heterocycles. The molecule has 11 heteroatoms. The van der Waals surface area contributed by atoms with Crippen LogP contribution >= 0.6 is 11.3 Å². The summed E-state index contributed by atoms with van der Waals surface area (Å²) in [5.41, 5.74) is 2.77. The minimum absolute atomic E-state index is 0.0919. The number of rotatable bonds is 9. The minimum Gasteiger partial charge on any atom is -0.495 e. The van der Waals surface area contributed by atoms with E-state index in [4.69, 9.17) is 14.5 Å². The van der Waals surface area contributed by atoms with Gasteiger partial charge in [-0.3, -0.25) is 9.69 Å². The Kier molecular flexibility index (Phi) is 9.64. The van der Waals surface area contributed by atoms with Crippen molar-refractivity contribution < 1.29 is 24.2 Å². The lowest BCUT2D eigenvalue weighted by Crippen LogP contribution is -2.54. The van der Waals surface area contributed by atoms with E-state index < -0.39 is 6.10 Å². The molecule has 0 radical (unpaired) electrons. The van der Waals surface area contributed by atoms with Gasteiger partial charge in [-0.25, -0.2) is 14.8 Å². The molecular formula is C37H43N5O5S. The first-order valence-corrected chi connectivity index (χ1v) is 18.1. The Bertz CT molecular complexity index is 1660. The van der Waals surface area contributed by atoms with Gasteiger partial charge in [0.2, 0.25) is 5.91 Å². The quantitative estimate of drug-likeness (QED) is 0.269. The minimum atomic E-state index is -0.464. The zero-order chi connectivity index (χ0) is 33.2. The zero-order valence-electron chi connectivity index (χ0n) is 27.4. The van der Waals surface area contributed by atoms with E-state index in [1.165, 1.54) is 28.3 Å². The monoisotopic (exact) mass is 669 g/mol. The molecule has 2 aromatic heterocycles. The number of β-amino-alcohol motifs (C(OH)–C–C–N with tert-alkyl or cyclic N) is 1. The summed E-state index contributed by atoms with van der Waals surface area (Å²) in [6.45, 7) is 1.25. The van der Waals surface area contributed by atoms with Gasteiger partial charge < -0.3 is 19.5 Å². The smallest absolute Gasteiger partial charge is 0.410 e. The number of methoxy groups -OCH3 is 1. The highest BCUT2D eigenvalue weighted by molar-refractivity contribution is 7.15. The largest absolute Gasteiger partial charge is 0.495 e. The number of benzene rings is 1. The highest BCUT2D eigenvalue weighted by Gasteiger charge is 2.36. The molecule has 3 aromatic rings. The summed E-state index contributed by atoms with van der Waals surface area (Å²) in [6, 6.07) is 12.2. The number of carbonyl (C=O) groups excluding carboxylic acids is 2. The number of nitriles is 1. The summed E-state index contributed by atoms with van der Waals surface area (Å²) in [7, 11) is 1.59. The fourth-order valence-corrected chi connectivity index (χ4v) is 8.51. The van der Waals surface area contributed by atoms with Crippen LogP contribution in [0, 0.1) is 23.2 Å². The Morgan fingerprint density at radius 1 is 1.00 bits per heavy atom. The van der Waals surface area contributed by atoms with Crippen molar-refractivity contribution in [1.29, 1.82) is 5.26 Å². The van der Waals surface area contributed by atoms with Crippen molar-refractivity contribution in [3.8, 4) is 22.3 Å². The number of amides is 2. The molecule has 252 valence electrons. The molecule has 2 amide bonds. The van der Waals surface area contributed by atoms with Gasteiger partial charge in [0.05, 0.1) is 41.8 Å². The standard InChI is InChI=1S/C37H43N5O5S/c1-46-32-13-10-27(16-29(32)18-38)24-4-2-23(3-5-24)20-42(34-17-28(14-15-39-34)33-19-40-35(48-33)25-6-7-25)36(44)26-8-11-31(12-9-26)47-37(45)41-21-30(43)22-41/h10,13-17,19,23-26,30-31,43H,2-9,11-12,20-22H2,1H3/t23-,24-,26-,31-. The van der Waals surface area contributed by atoms with Crippen molar-refractivity contribution >= 4 is 29.2 Å². The van der Waals surface area contributed by atoms with Gasteiger partial charge in [-0.2, -0.15) is 5.26 Å². The fourth-order valence-electron chi connectivity index (χ4n) is 7.43. The van der Waals surface area contributed by atoms with E-state index in [-0.39, 0.29) is 24.0 Å². The molecule has 4 fully saturated rings. The topological polar surface area (TPSA) is 129 Å². The van der Waals surface area contributed by atoms with E-state index in [0.29, 0.717) is 80.2 Å². The fraction of sp³-hybridized carbons (Fsp3) is 0.541. The molecule has 7 rings (SSSR count). The third-order valence-electron chi connectivity index (χ3n) is 10.5. The Balaban J connectivity index is 1.04. The van der Waals surface area contributed by atoms with Gasteiger partial charge in [0, 0.05) is 30.8 Å². The van der Waals surface area contributed by atoms with Crippen LogP contribution in [0.5, 0.6) is 5.75 Å². The third-order valence-corrected chi connectivity index (χ3v) is 11.7. The van der Waals surface area contributed by atoms with Crippen molar-refractivity contribution in [3.05, 3.63) is 58.9 Å². The Hall–Kier alpha value is -4.01.